The van der Waals surface area contributed by atoms with Crippen LogP contribution in [-0.2, 0) is 16.4 Å². The van der Waals surface area contributed by atoms with Gasteiger partial charge in [0.2, 0.25) is 5.95 Å². The van der Waals surface area contributed by atoms with Crippen LogP contribution in [0, 0.1) is 11.6 Å². The van der Waals surface area contributed by atoms with Crippen LogP contribution >= 0.6 is 0 Å². The molecule has 0 radical (unpaired) electrons. The van der Waals surface area contributed by atoms with E-state index in [1.54, 1.807) is 9.47 Å². The average molecular weight is 439 g/mol. The molecule has 160 valence electrons. The molecule has 0 spiro atoms. The highest BCUT2D eigenvalue weighted by Gasteiger charge is 2.30. The fraction of sp³-hybridized carbons (Fsp3) is 0.368. The topological polar surface area (TPSA) is 94.1 Å². The summed E-state index contributed by atoms with van der Waals surface area (Å²) in [5.41, 5.74) is 6.52. The number of anilines is 1. The number of rotatable bonds is 4. The standard InChI is InChI=1S/C19H20F3N5O2S/c1-30(28,29)13-3-2-12(24-8-13)9-27-17-7-11(20)6-15(22)18(17)25-19(27)26-5-4-14(21)16(23)10-26/h2-3,6-8,14,16H,4-5,9-10,23H2,1H3/t14?,16-/m1/s1. The molecule has 2 N–H and O–H groups in total. The maximum absolute atomic E-state index is 14.4. The second kappa shape index (κ2) is 7.55. The molecule has 1 aliphatic heterocycles. The molecule has 2 atom stereocenters. The minimum absolute atomic E-state index is 0.0184. The van der Waals surface area contributed by atoms with Crippen molar-refractivity contribution in [3.63, 3.8) is 0 Å². The number of benzene rings is 1. The van der Waals surface area contributed by atoms with E-state index in [4.69, 9.17) is 5.73 Å². The maximum atomic E-state index is 14.4. The van der Waals surface area contributed by atoms with Gasteiger partial charge in [0.05, 0.1) is 28.7 Å². The molecular weight excluding hydrogens is 419 g/mol. The first-order valence-corrected chi connectivity index (χ1v) is 11.2. The van der Waals surface area contributed by atoms with E-state index in [2.05, 4.69) is 9.97 Å². The molecule has 1 saturated heterocycles. The van der Waals surface area contributed by atoms with E-state index >= 15 is 0 Å². The number of alkyl halides is 1. The molecule has 1 aliphatic rings. The summed E-state index contributed by atoms with van der Waals surface area (Å²) >= 11 is 0. The fourth-order valence-corrected chi connectivity index (χ4v) is 4.11. The number of sulfone groups is 1. The van der Waals surface area contributed by atoms with Gasteiger partial charge in [0.15, 0.2) is 15.7 Å². The zero-order valence-corrected chi connectivity index (χ0v) is 16.9. The van der Waals surface area contributed by atoms with Crippen molar-refractivity contribution in [2.24, 2.45) is 5.73 Å². The lowest BCUT2D eigenvalue weighted by molar-refractivity contribution is 0.243. The first kappa shape index (κ1) is 20.6. The van der Waals surface area contributed by atoms with Crippen LogP contribution in [0.25, 0.3) is 11.0 Å². The predicted octanol–water partition coefficient (Wildman–Crippen LogP) is 2.04. The molecule has 1 fully saturated rings. The van der Waals surface area contributed by atoms with Gasteiger partial charge in [0, 0.05) is 37.7 Å². The van der Waals surface area contributed by atoms with Crippen molar-refractivity contribution in [1.82, 2.24) is 14.5 Å². The number of aromatic nitrogens is 3. The van der Waals surface area contributed by atoms with Crippen molar-refractivity contribution < 1.29 is 21.6 Å². The van der Waals surface area contributed by atoms with Crippen LogP contribution in [0.15, 0.2) is 35.4 Å². The highest BCUT2D eigenvalue weighted by Crippen LogP contribution is 2.29. The van der Waals surface area contributed by atoms with Crippen LogP contribution in [0.1, 0.15) is 12.1 Å². The molecule has 1 aromatic carbocycles. The van der Waals surface area contributed by atoms with Gasteiger partial charge in [-0.15, -0.1) is 0 Å². The second-order valence-electron chi connectivity index (χ2n) is 7.43. The molecule has 7 nitrogen and oxygen atoms in total. The number of halogens is 3. The van der Waals surface area contributed by atoms with E-state index < -0.39 is 33.7 Å². The molecule has 1 unspecified atom stereocenters. The minimum atomic E-state index is -3.40. The zero-order valence-electron chi connectivity index (χ0n) is 16.1. The van der Waals surface area contributed by atoms with E-state index in [0.29, 0.717) is 18.2 Å². The normalized spacial score (nSPS) is 20.1. The van der Waals surface area contributed by atoms with Gasteiger partial charge < -0.3 is 15.2 Å². The molecule has 3 heterocycles. The Balaban J connectivity index is 1.78. The Hall–Kier alpha value is -2.66. The smallest absolute Gasteiger partial charge is 0.207 e. The SMILES string of the molecule is CS(=O)(=O)c1ccc(Cn2c(N3CCC(F)[C@H](N)C3)nc3c(F)cc(F)cc32)nc1. The van der Waals surface area contributed by atoms with Crippen molar-refractivity contribution in [1.29, 1.82) is 0 Å². The summed E-state index contributed by atoms with van der Waals surface area (Å²) in [6, 6.07) is 4.15. The number of hydrogen-bond donors (Lipinski definition) is 1. The third-order valence-corrected chi connectivity index (χ3v) is 6.25. The number of hydrogen-bond acceptors (Lipinski definition) is 6. The van der Waals surface area contributed by atoms with Crippen LogP contribution in [0.2, 0.25) is 0 Å². The maximum Gasteiger partial charge on any atom is 0.207 e. The summed E-state index contributed by atoms with van der Waals surface area (Å²) in [7, 11) is -3.40. The van der Waals surface area contributed by atoms with Gasteiger partial charge in [-0.05, 0) is 18.6 Å². The van der Waals surface area contributed by atoms with E-state index in [0.717, 1.165) is 12.3 Å². The second-order valence-corrected chi connectivity index (χ2v) is 9.44. The first-order chi connectivity index (χ1) is 14.1. The molecule has 0 amide bonds. The quantitative estimate of drug-likeness (QED) is 0.669. The monoisotopic (exact) mass is 439 g/mol. The van der Waals surface area contributed by atoms with Gasteiger partial charge in [-0.2, -0.15) is 0 Å². The molecule has 0 aliphatic carbocycles. The molecule has 3 aromatic rings. The first-order valence-electron chi connectivity index (χ1n) is 9.28. The molecule has 11 heteroatoms. The average Bonchev–Trinajstić information content (AvgIpc) is 3.02. The lowest BCUT2D eigenvalue weighted by atomic mass is 10.1. The number of piperidine rings is 1. The third kappa shape index (κ3) is 3.86. The van der Waals surface area contributed by atoms with E-state index in [-0.39, 0.29) is 35.4 Å². The minimum Gasteiger partial charge on any atom is -0.340 e. The van der Waals surface area contributed by atoms with Crippen LogP contribution in [-0.4, -0.2) is 54.5 Å². The summed E-state index contributed by atoms with van der Waals surface area (Å²) in [6.45, 7) is 0.585. The van der Waals surface area contributed by atoms with E-state index in [9.17, 15) is 21.6 Å². The van der Waals surface area contributed by atoms with Crippen LogP contribution < -0.4 is 10.6 Å². The van der Waals surface area contributed by atoms with Gasteiger partial charge in [0.1, 0.15) is 17.5 Å². The van der Waals surface area contributed by atoms with Crippen LogP contribution in [0.5, 0.6) is 0 Å². The van der Waals surface area contributed by atoms with Crippen molar-refractivity contribution in [2.45, 2.75) is 30.1 Å². The van der Waals surface area contributed by atoms with Gasteiger partial charge in [-0.25, -0.2) is 26.6 Å². The van der Waals surface area contributed by atoms with Gasteiger partial charge >= 0.3 is 0 Å². The van der Waals surface area contributed by atoms with Gasteiger partial charge in [0.25, 0.3) is 0 Å². The zero-order chi connectivity index (χ0) is 21.6. The molecular formula is C19H20F3N5O2S. The lowest BCUT2D eigenvalue weighted by Gasteiger charge is -2.34. The van der Waals surface area contributed by atoms with E-state index in [1.165, 1.54) is 24.4 Å². The highest BCUT2D eigenvalue weighted by molar-refractivity contribution is 7.90. The summed E-state index contributed by atoms with van der Waals surface area (Å²) in [4.78, 5) is 10.3. The number of nitrogens with zero attached hydrogens (tertiary/aromatic N) is 4. The molecule has 0 bridgehead atoms. The van der Waals surface area contributed by atoms with Crippen LogP contribution in [0.3, 0.4) is 0 Å². The Morgan fingerprint density at radius 1 is 1.27 bits per heavy atom. The Morgan fingerprint density at radius 2 is 2.03 bits per heavy atom. The molecule has 4 rings (SSSR count). The van der Waals surface area contributed by atoms with Gasteiger partial charge in [-0.1, -0.05) is 0 Å². The molecule has 2 aromatic heterocycles. The van der Waals surface area contributed by atoms with Gasteiger partial charge in [-0.3, -0.25) is 4.98 Å². The summed E-state index contributed by atoms with van der Waals surface area (Å²) in [5.74, 6) is -1.24. The summed E-state index contributed by atoms with van der Waals surface area (Å²) < 4.78 is 67.0. The van der Waals surface area contributed by atoms with Crippen molar-refractivity contribution in [3.8, 4) is 0 Å². The Morgan fingerprint density at radius 3 is 2.67 bits per heavy atom. The fourth-order valence-electron chi connectivity index (χ4n) is 3.56. The Labute approximate surface area is 171 Å². The summed E-state index contributed by atoms with van der Waals surface area (Å²) in [5, 5.41) is 0. The number of pyridine rings is 1. The predicted molar refractivity (Wildman–Crippen MR) is 106 cm³/mol. The van der Waals surface area contributed by atoms with Crippen molar-refractivity contribution >= 4 is 26.8 Å². The Kier molecular flexibility index (Phi) is 5.18. The summed E-state index contributed by atoms with van der Waals surface area (Å²) in [6.07, 6.45) is 1.37. The van der Waals surface area contributed by atoms with Crippen molar-refractivity contribution in [3.05, 3.63) is 47.8 Å². The van der Waals surface area contributed by atoms with Crippen molar-refractivity contribution in [2.75, 3.05) is 24.2 Å². The van der Waals surface area contributed by atoms with E-state index in [1.807, 2.05) is 0 Å². The van der Waals surface area contributed by atoms with Crippen LogP contribution in [0.4, 0.5) is 19.1 Å². The largest absolute Gasteiger partial charge is 0.340 e. The lowest BCUT2D eigenvalue weighted by Crippen LogP contribution is -2.50. The molecule has 0 saturated carbocycles. The third-order valence-electron chi connectivity index (χ3n) is 5.15. The molecule has 30 heavy (non-hydrogen) atoms. The highest BCUT2D eigenvalue weighted by atomic mass is 32.2. The Bertz CT molecular complexity index is 1200. The number of imidazole rings is 1. The number of fused-ring (bicyclic) bond motifs is 1. The number of nitrogens with two attached hydrogens (primary N) is 1.